The molecular weight excluding hydrogens is 344 g/mol. The number of benzene rings is 1. The van der Waals surface area contributed by atoms with Gasteiger partial charge in [-0.25, -0.2) is 0 Å². The molecule has 0 spiro atoms. The molecule has 1 heterocycles. The quantitative estimate of drug-likeness (QED) is 0.375. The third-order valence-electron chi connectivity index (χ3n) is 4.03. The summed E-state index contributed by atoms with van der Waals surface area (Å²) in [6, 6.07) is 6.19. The second kappa shape index (κ2) is 11.2. The molecule has 0 aliphatic rings. The number of rotatable bonds is 10. The van der Waals surface area contributed by atoms with Crippen molar-refractivity contribution in [2.24, 2.45) is 4.99 Å². The van der Waals surface area contributed by atoms with Crippen LogP contribution >= 0.6 is 0 Å². The van der Waals surface area contributed by atoms with E-state index >= 15 is 0 Å². The molecule has 27 heavy (non-hydrogen) atoms. The Kier molecular flexibility index (Phi) is 8.57. The van der Waals surface area contributed by atoms with Gasteiger partial charge < -0.3 is 24.7 Å². The molecule has 1 aromatic heterocycles. The lowest BCUT2D eigenvalue weighted by Crippen LogP contribution is -2.37. The number of ether oxygens (including phenoxy) is 2. The van der Waals surface area contributed by atoms with Crippen molar-refractivity contribution in [3.63, 3.8) is 0 Å². The molecule has 1 aromatic carbocycles. The van der Waals surface area contributed by atoms with Crippen molar-refractivity contribution in [1.29, 1.82) is 0 Å². The summed E-state index contributed by atoms with van der Waals surface area (Å²) in [7, 11) is 1.74. The average Bonchev–Trinajstić information content (AvgIpc) is 3.14. The summed E-state index contributed by atoms with van der Waals surface area (Å²) < 4.78 is 13.2. The van der Waals surface area contributed by atoms with Crippen LogP contribution in [0.15, 0.2) is 29.5 Å². The van der Waals surface area contributed by atoms with E-state index in [-0.39, 0.29) is 0 Å². The van der Waals surface area contributed by atoms with E-state index in [1.807, 2.05) is 17.6 Å². The number of aryl methyl sites for hydroxylation is 2. The van der Waals surface area contributed by atoms with Crippen molar-refractivity contribution in [2.45, 2.75) is 40.4 Å². The van der Waals surface area contributed by atoms with Crippen LogP contribution in [0.1, 0.15) is 30.8 Å². The van der Waals surface area contributed by atoms with Gasteiger partial charge in [0.05, 0.1) is 13.2 Å². The first-order valence-electron chi connectivity index (χ1n) is 9.29. The van der Waals surface area contributed by atoms with Gasteiger partial charge in [-0.3, -0.25) is 4.99 Å². The first-order valence-corrected chi connectivity index (χ1v) is 9.29. The Bertz CT molecular complexity index is 729. The summed E-state index contributed by atoms with van der Waals surface area (Å²) in [6.45, 7) is 9.89. The number of nitrogens with zero attached hydrogens (tertiary/aromatic N) is 4. The molecule has 0 unspecified atom stereocenters. The SMILES string of the molecule is CCOCCOc1cc(C)ccc1CNC(=NC)NCc1nncn1CC. The van der Waals surface area contributed by atoms with E-state index in [9.17, 15) is 0 Å². The third kappa shape index (κ3) is 6.56. The molecule has 0 saturated heterocycles. The zero-order chi connectivity index (χ0) is 19.5. The summed E-state index contributed by atoms with van der Waals surface area (Å²) in [5.74, 6) is 2.43. The minimum absolute atomic E-state index is 0.532. The van der Waals surface area contributed by atoms with Crippen LogP contribution in [0.5, 0.6) is 5.75 Å². The predicted molar refractivity (Wildman–Crippen MR) is 106 cm³/mol. The van der Waals surface area contributed by atoms with Crippen molar-refractivity contribution in [3.05, 3.63) is 41.5 Å². The molecule has 148 valence electrons. The zero-order valence-electron chi connectivity index (χ0n) is 16.7. The normalized spacial score (nSPS) is 11.5. The second-order valence-corrected chi connectivity index (χ2v) is 5.97. The number of guanidine groups is 1. The summed E-state index contributed by atoms with van der Waals surface area (Å²) in [5, 5.41) is 14.6. The Morgan fingerprint density at radius 2 is 2.00 bits per heavy atom. The molecule has 0 aliphatic heterocycles. The van der Waals surface area contributed by atoms with Crippen LogP contribution < -0.4 is 15.4 Å². The van der Waals surface area contributed by atoms with E-state index in [1.165, 1.54) is 0 Å². The first kappa shape index (κ1) is 20.7. The number of nitrogens with one attached hydrogen (secondary N) is 2. The highest BCUT2D eigenvalue weighted by atomic mass is 16.5. The Balaban J connectivity index is 1.91. The minimum Gasteiger partial charge on any atom is -0.491 e. The Morgan fingerprint density at radius 1 is 1.19 bits per heavy atom. The lowest BCUT2D eigenvalue weighted by atomic mass is 10.1. The molecule has 0 radical (unpaired) electrons. The topological polar surface area (TPSA) is 85.6 Å². The highest BCUT2D eigenvalue weighted by Crippen LogP contribution is 2.20. The molecule has 0 saturated carbocycles. The molecule has 0 atom stereocenters. The summed E-state index contributed by atoms with van der Waals surface area (Å²) in [5.41, 5.74) is 2.23. The molecule has 0 fully saturated rings. The first-order chi connectivity index (χ1) is 13.2. The van der Waals surface area contributed by atoms with E-state index in [2.05, 4.69) is 51.8 Å². The van der Waals surface area contributed by atoms with Gasteiger partial charge in [0.2, 0.25) is 0 Å². The van der Waals surface area contributed by atoms with Crippen LogP contribution in [-0.2, 0) is 24.4 Å². The third-order valence-corrected chi connectivity index (χ3v) is 4.03. The standard InChI is InChI=1S/C19H30N6O2/c1-5-25-14-23-24-18(25)13-22-19(20-4)21-12-16-8-7-15(3)11-17(16)27-10-9-26-6-2/h7-8,11,14H,5-6,9-10,12-13H2,1-4H3,(H2,20,21,22). The van der Waals surface area contributed by atoms with Gasteiger partial charge in [0.1, 0.15) is 18.7 Å². The van der Waals surface area contributed by atoms with Gasteiger partial charge in [0.15, 0.2) is 11.8 Å². The molecule has 0 bridgehead atoms. The molecule has 0 amide bonds. The molecule has 0 aliphatic carbocycles. The van der Waals surface area contributed by atoms with Crippen molar-refractivity contribution < 1.29 is 9.47 Å². The van der Waals surface area contributed by atoms with E-state index < -0.39 is 0 Å². The van der Waals surface area contributed by atoms with Crippen LogP contribution in [0.2, 0.25) is 0 Å². The van der Waals surface area contributed by atoms with E-state index in [4.69, 9.17) is 9.47 Å². The lowest BCUT2D eigenvalue weighted by Gasteiger charge is -2.15. The molecule has 2 aromatic rings. The largest absolute Gasteiger partial charge is 0.491 e. The van der Waals surface area contributed by atoms with Crippen molar-refractivity contribution in [1.82, 2.24) is 25.4 Å². The van der Waals surface area contributed by atoms with Crippen LogP contribution in [-0.4, -0.2) is 47.6 Å². The van der Waals surface area contributed by atoms with Gasteiger partial charge in [-0.1, -0.05) is 12.1 Å². The fraction of sp³-hybridized carbons (Fsp3) is 0.526. The van der Waals surface area contributed by atoms with Gasteiger partial charge in [-0.2, -0.15) is 0 Å². The van der Waals surface area contributed by atoms with Crippen LogP contribution in [0, 0.1) is 6.92 Å². The minimum atomic E-state index is 0.532. The van der Waals surface area contributed by atoms with Crippen LogP contribution in [0.3, 0.4) is 0 Å². The predicted octanol–water partition coefficient (Wildman–Crippen LogP) is 1.89. The highest BCUT2D eigenvalue weighted by molar-refractivity contribution is 5.79. The maximum absolute atomic E-state index is 5.89. The van der Waals surface area contributed by atoms with Gasteiger partial charge >= 0.3 is 0 Å². The fourth-order valence-electron chi connectivity index (χ4n) is 2.54. The maximum atomic E-state index is 5.89. The lowest BCUT2D eigenvalue weighted by molar-refractivity contribution is 0.110. The van der Waals surface area contributed by atoms with E-state index in [0.29, 0.717) is 38.9 Å². The van der Waals surface area contributed by atoms with Crippen molar-refractivity contribution >= 4 is 5.96 Å². The van der Waals surface area contributed by atoms with Gasteiger partial charge in [-0.15, -0.1) is 10.2 Å². The van der Waals surface area contributed by atoms with E-state index in [0.717, 1.165) is 29.2 Å². The van der Waals surface area contributed by atoms with Gasteiger partial charge in [-0.05, 0) is 32.4 Å². The summed E-state index contributed by atoms with van der Waals surface area (Å²) >= 11 is 0. The average molecular weight is 374 g/mol. The zero-order valence-corrected chi connectivity index (χ0v) is 16.7. The van der Waals surface area contributed by atoms with Crippen LogP contribution in [0.4, 0.5) is 0 Å². The highest BCUT2D eigenvalue weighted by Gasteiger charge is 2.08. The molecular formula is C19H30N6O2. The Morgan fingerprint density at radius 3 is 2.74 bits per heavy atom. The number of hydrogen-bond acceptors (Lipinski definition) is 5. The monoisotopic (exact) mass is 374 g/mol. The fourth-order valence-corrected chi connectivity index (χ4v) is 2.54. The second-order valence-electron chi connectivity index (χ2n) is 5.97. The Labute approximate surface area is 161 Å². The van der Waals surface area contributed by atoms with Crippen LogP contribution in [0.25, 0.3) is 0 Å². The summed E-state index contributed by atoms with van der Waals surface area (Å²) in [4.78, 5) is 4.27. The molecule has 8 heteroatoms. The number of aliphatic imine (C=N–C) groups is 1. The smallest absolute Gasteiger partial charge is 0.191 e. The van der Waals surface area contributed by atoms with E-state index in [1.54, 1.807) is 13.4 Å². The van der Waals surface area contributed by atoms with Gasteiger partial charge in [0, 0.05) is 32.3 Å². The van der Waals surface area contributed by atoms with Gasteiger partial charge in [0.25, 0.3) is 0 Å². The summed E-state index contributed by atoms with van der Waals surface area (Å²) in [6.07, 6.45) is 1.73. The number of aromatic nitrogens is 3. The Hall–Kier alpha value is -2.61. The number of hydrogen-bond donors (Lipinski definition) is 2. The molecule has 2 N–H and O–H groups in total. The molecule has 2 rings (SSSR count). The van der Waals surface area contributed by atoms with Crippen molar-refractivity contribution in [2.75, 3.05) is 26.9 Å². The molecule has 8 nitrogen and oxygen atoms in total. The maximum Gasteiger partial charge on any atom is 0.191 e. The van der Waals surface area contributed by atoms with Crippen molar-refractivity contribution in [3.8, 4) is 5.75 Å².